The van der Waals surface area contributed by atoms with E-state index >= 15 is 0 Å². The summed E-state index contributed by atoms with van der Waals surface area (Å²) in [6.45, 7) is 0. The number of furan rings is 1. The minimum Gasteiger partial charge on any atom is -0.455 e. The number of fused-ring (bicyclic) bond motifs is 6. The summed E-state index contributed by atoms with van der Waals surface area (Å²) in [6, 6.07) is 70.2. The molecule has 0 radical (unpaired) electrons. The summed E-state index contributed by atoms with van der Waals surface area (Å²) >= 11 is 0. The summed E-state index contributed by atoms with van der Waals surface area (Å²) in [6.07, 6.45) is 0. The van der Waals surface area contributed by atoms with E-state index in [9.17, 15) is 0 Å². The maximum absolute atomic E-state index is 6.43. The van der Waals surface area contributed by atoms with Crippen LogP contribution in [0.1, 0.15) is 0 Å². The fourth-order valence-corrected chi connectivity index (χ4v) is 8.18. The van der Waals surface area contributed by atoms with Gasteiger partial charge in [-0.05, 0) is 70.3 Å². The zero-order chi connectivity index (χ0) is 37.0. The van der Waals surface area contributed by atoms with Gasteiger partial charge in [0.25, 0.3) is 0 Å². The van der Waals surface area contributed by atoms with E-state index in [4.69, 9.17) is 14.4 Å². The van der Waals surface area contributed by atoms with Crippen LogP contribution >= 0.6 is 0 Å². The van der Waals surface area contributed by atoms with Gasteiger partial charge in [-0.2, -0.15) is 0 Å². The fourth-order valence-electron chi connectivity index (χ4n) is 8.18. The first-order valence-electron chi connectivity index (χ1n) is 18.9. The highest BCUT2D eigenvalue weighted by molar-refractivity contribution is 6.14. The van der Waals surface area contributed by atoms with Gasteiger partial charge in [-0.15, -0.1) is 0 Å². The van der Waals surface area contributed by atoms with Crippen molar-refractivity contribution in [3.63, 3.8) is 0 Å². The molecule has 262 valence electrons. The highest BCUT2D eigenvalue weighted by atomic mass is 16.3. The van der Waals surface area contributed by atoms with Crippen molar-refractivity contribution >= 4 is 43.9 Å². The molecule has 0 saturated heterocycles. The second-order valence-electron chi connectivity index (χ2n) is 14.2. The van der Waals surface area contributed by atoms with E-state index in [-0.39, 0.29) is 0 Å². The average Bonchev–Trinajstić information content (AvgIpc) is 3.83. The summed E-state index contributed by atoms with van der Waals surface area (Å²) in [7, 11) is 0. The van der Waals surface area contributed by atoms with E-state index in [2.05, 4.69) is 187 Å². The van der Waals surface area contributed by atoms with Crippen LogP contribution in [0.25, 0.3) is 106 Å². The number of benzene rings is 8. The molecule has 3 aromatic heterocycles. The van der Waals surface area contributed by atoms with Crippen LogP contribution in [0.3, 0.4) is 0 Å². The molecule has 4 nitrogen and oxygen atoms in total. The molecule has 11 rings (SSSR count). The Morgan fingerprint density at radius 1 is 0.393 bits per heavy atom. The molecule has 11 aromatic rings. The molecule has 0 unspecified atom stereocenters. The zero-order valence-corrected chi connectivity index (χ0v) is 30.3. The van der Waals surface area contributed by atoms with Gasteiger partial charge in [-0.25, -0.2) is 9.97 Å². The van der Waals surface area contributed by atoms with Gasteiger partial charge in [-0.3, -0.25) is 4.57 Å². The molecule has 0 N–H and O–H groups in total. The number of para-hydroxylation sites is 4. The Labute approximate surface area is 323 Å². The minimum absolute atomic E-state index is 0.677. The number of hydrogen-bond donors (Lipinski definition) is 0. The Morgan fingerprint density at radius 2 is 0.946 bits per heavy atom. The molecule has 0 aliphatic rings. The first-order valence-corrected chi connectivity index (χ1v) is 18.9. The van der Waals surface area contributed by atoms with E-state index in [1.807, 2.05) is 18.2 Å². The summed E-state index contributed by atoms with van der Waals surface area (Å²) in [5.41, 5.74) is 14.4. The third kappa shape index (κ3) is 5.31. The number of hydrogen-bond acceptors (Lipinski definition) is 3. The second kappa shape index (κ2) is 13.1. The predicted molar refractivity (Wildman–Crippen MR) is 231 cm³/mol. The Kier molecular flexibility index (Phi) is 7.46. The molecule has 0 amide bonds. The quantitative estimate of drug-likeness (QED) is 0.172. The SMILES string of the molecule is c1ccc(-c2cccc(-c3nc(-c4cccc(-c5cccc(-c6cccc7c6oc6ccccc67)c5)c4)c4c5ccccc5n(-c5ccccc5)c4n3)c2)cc1. The lowest BCUT2D eigenvalue weighted by Gasteiger charge is -2.12. The van der Waals surface area contributed by atoms with Crippen molar-refractivity contribution in [1.29, 1.82) is 0 Å². The average molecular weight is 716 g/mol. The van der Waals surface area contributed by atoms with E-state index in [0.29, 0.717) is 5.82 Å². The van der Waals surface area contributed by atoms with E-state index in [1.165, 1.54) is 0 Å². The highest BCUT2D eigenvalue weighted by Gasteiger charge is 2.21. The van der Waals surface area contributed by atoms with Crippen molar-refractivity contribution < 1.29 is 4.42 Å². The van der Waals surface area contributed by atoms with Crippen LogP contribution in [0, 0.1) is 0 Å². The van der Waals surface area contributed by atoms with Gasteiger partial charge in [0, 0.05) is 38.5 Å². The third-order valence-corrected chi connectivity index (χ3v) is 10.8. The van der Waals surface area contributed by atoms with Gasteiger partial charge in [-0.1, -0.05) is 158 Å². The highest BCUT2D eigenvalue weighted by Crippen LogP contribution is 2.41. The lowest BCUT2D eigenvalue weighted by molar-refractivity contribution is 0.670. The molecule has 0 saturated carbocycles. The molecular formula is C52H33N3O. The maximum Gasteiger partial charge on any atom is 0.162 e. The molecule has 0 bridgehead atoms. The van der Waals surface area contributed by atoms with Crippen LogP contribution in [0.2, 0.25) is 0 Å². The Bertz CT molecular complexity index is 3250. The fraction of sp³-hybridized carbons (Fsp3) is 0. The van der Waals surface area contributed by atoms with Gasteiger partial charge in [0.15, 0.2) is 5.82 Å². The minimum atomic E-state index is 0.677. The largest absolute Gasteiger partial charge is 0.455 e. The molecule has 0 atom stereocenters. The van der Waals surface area contributed by atoms with Crippen LogP contribution in [-0.2, 0) is 0 Å². The summed E-state index contributed by atoms with van der Waals surface area (Å²) in [5.74, 6) is 0.677. The smallest absolute Gasteiger partial charge is 0.162 e. The van der Waals surface area contributed by atoms with Gasteiger partial charge < -0.3 is 4.42 Å². The van der Waals surface area contributed by atoms with Crippen molar-refractivity contribution in [2.75, 3.05) is 0 Å². The van der Waals surface area contributed by atoms with Gasteiger partial charge in [0.1, 0.15) is 16.8 Å². The van der Waals surface area contributed by atoms with Crippen LogP contribution in [-0.4, -0.2) is 14.5 Å². The third-order valence-electron chi connectivity index (χ3n) is 10.8. The van der Waals surface area contributed by atoms with Gasteiger partial charge in [0.05, 0.1) is 16.6 Å². The Hall–Kier alpha value is -7.56. The molecule has 0 spiro atoms. The number of nitrogens with zero attached hydrogens (tertiary/aromatic N) is 3. The number of aromatic nitrogens is 3. The van der Waals surface area contributed by atoms with E-state index < -0.39 is 0 Å². The van der Waals surface area contributed by atoms with Crippen molar-refractivity contribution in [3.05, 3.63) is 200 Å². The summed E-state index contributed by atoms with van der Waals surface area (Å²) < 4.78 is 8.70. The molecule has 0 aliphatic carbocycles. The Balaban J connectivity index is 1.11. The molecule has 3 heterocycles. The molecule has 4 heteroatoms. The van der Waals surface area contributed by atoms with Crippen LogP contribution in [0.15, 0.2) is 205 Å². The Morgan fingerprint density at radius 3 is 1.75 bits per heavy atom. The van der Waals surface area contributed by atoms with E-state index in [1.54, 1.807) is 0 Å². The first kappa shape index (κ1) is 31.9. The van der Waals surface area contributed by atoms with Crippen molar-refractivity contribution in [2.45, 2.75) is 0 Å². The lowest BCUT2D eigenvalue weighted by Crippen LogP contribution is -1.99. The monoisotopic (exact) mass is 715 g/mol. The number of rotatable bonds is 6. The molecular weight excluding hydrogens is 683 g/mol. The van der Waals surface area contributed by atoms with Crippen molar-refractivity contribution in [2.24, 2.45) is 0 Å². The van der Waals surface area contributed by atoms with Crippen LogP contribution in [0.5, 0.6) is 0 Å². The lowest BCUT2D eigenvalue weighted by atomic mass is 9.96. The molecule has 0 aliphatic heterocycles. The zero-order valence-electron chi connectivity index (χ0n) is 30.3. The first-order chi connectivity index (χ1) is 27.8. The summed E-state index contributed by atoms with van der Waals surface area (Å²) in [4.78, 5) is 10.8. The van der Waals surface area contributed by atoms with E-state index in [0.717, 1.165) is 99.8 Å². The van der Waals surface area contributed by atoms with Gasteiger partial charge >= 0.3 is 0 Å². The van der Waals surface area contributed by atoms with Gasteiger partial charge in [0.2, 0.25) is 0 Å². The summed E-state index contributed by atoms with van der Waals surface area (Å²) in [5, 5.41) is 4.38. The van der Waals surface area contributed by atoms with Crippen molar-refractivity contribution in [3.8, 4) is 61.7 Å². The topological polar surface area (TPSA) is 43.9 Å². The molecule has 8 aromatic carbocycles. The van der Waals surface area contributed by atoms with Crippen LogP contribution in [0.4, 0.5) is 0 Å². The second-order valence-corrected chi connectivity index (χ2v) is 14.2. The standard InChI is InChI=1S/C52H33N3O/c1-3-15-34(16-4-1)35-17-13-22-40(33-35)51-53-49(48-45-26-7-9-29-46(45)55(52(48)54-51)41-23-5-2-6-24-41)39-21-12-19-37(32-39)36-18-11-20-38(31-36)42-27-14-28-44-43-25-8-10-30-47(43)56-50(42)44/h1-33H. The van der Waals surface area contributed by atoms with Crippen molar-refractivity contribution in [1.82, 2.24) is 14.5 Å². The predicted octanol–water partition coefficient (Wildman–Crippen LogP) is 13.8. The van der Waals surface area contributed by atoms with Crippen LogP contribution < -0.4 is 0 Å². The normalized spacial score (nSPS) is 11.6. The molecule has 0 fully saturated rings. The molecule has 56 heavy (non-hydrogen) atoms. The maximum atomic E-state index is 6.43.